The second-order valence-electron chi connectivity index (χ2n) is 1.12. The van der Waals surface area contributed by atoms with Gasteiger partial charge in [-0.1, -0.05) is 0 Å². The van der Waals surface area contributed by atoms with Crippen LogP contribution in [0.5, 0.6) is 0 Å². The standard InChI is InChI=1S/H2O8S3/c1-9(2)11(6,7)8-10(3,4)5/h(H,1,2)(H,3,4,5). The summed E-state index contributed by atoms with van der Waals surface area (Å²) in [6, 6.07) is 0. The number of rotatable bonds is 3. The molecule has 0 aromatic carbocycles. The third-order valence-electron chi connectivity index (χ3n) is 0.344. The molecular weight excluding hydrogens is 224 g/mol. The second-order valence-corrected chi connectivity index (χ2v) is 5.85. The van der Waals surface area contributed by atoms with Gasteiger partial charge in [-0.25, -0.2) is 4.21 Å². The summed E-state index contributed by atoms with van der Waals surface area (Å²) in [7, 11) is -13.9. The Morgan fingerprint density at radius 2 is 1.55 bits per heavy atom. The van der Waals surface area contributed by atoms with Crippen molar-refractivity contribution in [3.05, 3.63) is 0 Å². The van der Waals surface area contributed by atoms with Crippen LogP contribution in [0.15, 0.2) is 0 Å². The van der Waals surface area contributed by atoms with Crippen molar-refractivity contribution in [1.82, 2.24) is 0 Å². The maximum atomic E-state index is 10.0. The van der Waals surface area contributed by atoms with Gasteiger partial charge in [0.05, 0.1) is 0 Å². The molecule has 0 saturated carbocycles. The van der Waals surface area contributed by atoms with Gasteiger partial charge in [-0.05, 0) is 0 Å². The van der Waals surface area contributed by atoms with Crippen molar-refractivity contribution in [2.75, 3.05) is 0 Å². The lowest BCUT2D eigenvalue weighted by molar-refractivity contribution is 0.387. The molecule has 0 spiro atoms. The first-order valence-corrected chi connectivity index (χ1v) is 6.10. The fourth-order valence-corrected chi connectivity index (χ4v) is 2.22. The highest BCUT2D eigenvalue weighted by molar-refractivity contribution is 8.60. The predicted octanol–water partition coefficient (Wildman–Crippen LogP) is -1.73. The molecule has 0 amide bonds. The fourth-order valence-electron chi connectivity index (χ4n) is 0.129. The molecule has 0 saturated heterocycles. The first-order chi connectivity index (χ1) is 4.65. The van der Waals surface area contributed by atoms with Gasteiger partial charge >= 0.3 is 29.7 Å². The van der Waals surface area contributed by atoms with Crippen molar-refractivity contribution in [2.24, 2.45) is 0 Å². The number of hydrogen-bond donors (Lipinski definition) is 2. The molecule has 0 heterocycles. The van der Waals surface area contributed by atoms with Gasteiger partial charge in [0.25, 0.3) is 0 Å². The van der Waals surface area contributed by atoms with Gasteiger partial charge in [0, 0.05) is 0 Å². The van der Waals surface area contributed by atoms with E-state index in [1.165, 1.54) is 0 Å². The molecule has 8 nitrogen and oxygen atoms in total. The molecule has 11 heteroatoms. The molecule has 2 N–H and O–H groups in total. The molecule has 0 rings (SSSR count). The van der Waals surface area contributed by atoms with E-state index in [4.69, 9.17) is 9.11 Å². The maximum Gasteiger partial charge on any atom is 0.412 e. The van der Waals surface area contributed by atoms with E-state index in [0.717, 1.165) is 0 Å². The smallest absolute Gasteiger partial charge is 0.292 e. The quantitative estimate of drug-likeness (QED) is 0.329. The molecule has 68 valence electrons. The summed E-state index contributed by atoms with van der Waals surface area (Å²) in [5.41, 5.74) is 0. The van der Waals surface area contributed by atoms with Crippen LogP contribution in [0.1, 0.15) is 0 Å². The molecule has 0 aliphatic heterocycles. The van der Waals surface area contributed by atoms with Crippen LogP contribution in [0.3, 0.4) is 0 Å². The average Bonchev–Trinajstić information content (AvgIpc) is 1.56. The van der Waals surface area contributed by atoms with Gasteiger partial charge in [-0.3, -0.25) is 9.11 Å². The Morgan fingerprint density at radius 3 is 1.64 bits per heavy atom. The average molecular weight is 226 g/mol. The first kappa shape index (κ1) is 10.9. The highest BCUT2D eigenvalue weighted by atomic mass is 33.2. The lowest BCUT2D eigenvalue weighted by Gasteiger charge is -1.94. The van der Waals surface area contributed by atoms with Gasteiger partial charge in [0.2, 0.25) is 0 Å². The van der Waals surface area contributed by atoms with Gasteiger partial charge in [0.15, 0.2) is 0 Å². The summed E-state index contributed by atoms with van der Waals surface area (Å²) >= 11 is 0. The zero-order valence-electron chi connectivity index (χ0n) is 4.57. The van der Waals surface area contributed by atoms with E-state index >= 15 is 0 Å². The lowest BCUT2D eigenvalue weighted by atomic mass is 15.8. The van der Waals surface area contributed by atoms with Gasteiger partial charge in [-0.2, -0.15) is 16.8 Å². The van der Waals surface area contributed by atoms with Gasteiger partial charge in [0.1, 0.15) is 0 Å². The van der Waals surface area contributed by atoms with E-state index in [0.29, 0.717) is 0 Å². The minimum atomic E-state index is -5.27. The molecule has 0 fully saturated rings. The Morgan fingerprint density at radius 1 is 1.18 bits per heavy atom. The van der Waals surface area contributed by atoms with E-state index in [-0.39, 0.29) is 0 Å². The zero-order valence-corrected chi connectivity index (χ0v) is 7.02. The van der Waals surface area contributed by atoms with Crippen molar-refractivity contribution in [1.29, 1.82) is 0 Å². The van der Waals surface area contributed by atoms with Crippen molar-refractivity contribution >= 4 is 29.7 Å². The maximum absolute atomic E-state index is 10.0. The summed E-state index contributed by atoms with van der Waals surface area (Å²) < 4.78 is 67.5. The van der Waals surface area contributed by atoms with E-state index in [1.54, 1.807) is 0 Å². The Bertz CT molecular complexity index is 339. The molecule has 0 aromatic heterocycles. The monoisotopic (exact) mass is 226 g/mol. The van der Waals surface area contributed by atoms with Crippen LogP contribution in [0.2, 0.25) is 0 Å². The third-order valence-corrected chi connectivity index (χ3v) is 3.60. The van der Waals surface area contributed by atoms with E-state index < -0.39 is 29.7 Å². The predicted molar refractivity (Wildman–Crippen MR) is 32.3 cm³/mol. The fraction of sp³-hybridized carbons (Fsp3) is 0. The molecular formula is H2O8S3. The third kappa shape index (κ3) is 4.39. The van der Waals surface area contributed by atoms with Crippen LogP contribution in [-0.4, -0.2) is 30.1 Å². The molecule has 0 radical (unpaired) electrons. The molecule has 0 aliphatic carbocycles. The highest BCUT2D eigenvalue weighted by Crippen LogP contribution is 2.01. The van der Waals surface area contributed by atoms with Gasteiger partial charge < -0.3 is 0 Å². The molecule has 0 bridgehead atoms. The summed E-state index contributed by atoms with van der Waals surface area (Å²) in [6.07, 6.45) is 0. The van der Waals surface area contributed by atoms with Crippen LogP contribution >= 0.6 is 0 Å². The molecule has 11 heavy (non-hydrogen) atoms. The Kier molecular flexibility index (Phi) is 3.10. The van der Waals surface area contributed by atoms with Crippen molar-refractivity contribution in [2.45, 2.75) is 0 Å². The molecule has 0 aliphatic rings. The van der Waals surface area contributed by atoms with Crippen LogP contribution in [0.25, 0.3) is 0 Å². The van der Waals surface area contributed by atoms with Gasteiger partial charge in [-0.15, -0.1) is 3.63 Å². The topological polar surface area (TPSA) is 135 Å². The Hall–Kier alpha value is -0.0700. The van der Waals surface area contributed by atoms with Crippen molar-refractivity contribution in [3.8, 4) is 0 Å². The van der Waals surface area contributed by atoms with Crippen LogP contribution in [0, 0.1) is 0 Å². The van der Waals surface area contributed by atoms with Crippen LogP contribution < -0.4 is 0 Å². The number of hydrogen-bond acceptors (Lipinski definition) is 6. The lowest BCUT2D eigenvalue weighted by Crippen LogP contribution is -2.16. The molecule has 1 unspecified atom stereocenters. The second kappa shape index (κ2) is 3.12. The summed E-state index contributed by atoms with van der Waals surface area (Å²) in [4.78, 5) is 0. The zero-order chi connectivity index (χ0) is 9.28. The summed E-state index contributed by atoms with van der Waals surface area (Å²) in [5, 5.41) is 0. The normalized spacial score (nSPS) is 16.2. The van der Waals surface area contributed by atoms with Crippen LogP contribution in [-0.2, 0) is 33.3 Å². The Balaban J connectivity index is 4.83. The van der Waals surface area contributed by atoms with E-state index in [9.17, 15) is 21.0 Å². The minimum absolute atomic E-state index is 2.84. The summed E-state index contributed by atoms with van der Waals surface area (Å²) in [6.45, 7) is 0. The van der Waals surface area contributed by atoms with Crippen molar-refractivity contribution in [3.63, 3.8) is 0 Å². The van der Waals surface area contributed by atoms with Crippen molar-refractivity contribution < 1.29 is 33.8 Å². The Labute approximate surface area is 63.9 Å². The SMILES string of the molecule is O=S(O)S(=O)(=O)OS(=O)(=O)O. The molecule has 1 atom stereocenters. The summed E-state index contributed by atoms with van der Waals surface area (Å²) in [5.74, 6) is 0. The van der Waals surface area contributed by atoms with E-state index in [2.05, 4.69) is 3.63 Å². The largest absolute Gasteiger partial charge is 0.412 e. The first-order valence-electron chi connectivity index (χ1n) is 1.70. The highest BCUT2D eigenvalue weighted by Gasteiger charge is 2.26. The molecule has 0 aromatic rings. The van der Waals surface area contributed by atoms with Crippen LogP contribution in [0.4, 0.5) is 0 Å². The van der Waals surface area contributed by atoms with E-state index in [1.807, 2.05) is 0 Å². The minimum Gasteiger partial charge on any atom is -0.292 e.